The summed E-state index contributed by atoms with van der Waals surface area (Å²) in [5.74, 6) is -0.882. The molecule has 1 aromatic rings. The lowest BCUT2D eigenvalue weighted by Gasteiger charge is -2.45. The van der Waals surface area contributed by atoms with E-state index >= 15 is 0 Å². The summed E-state index contributed by atoms with van der Waals surface area (Å²) >= 11 is 0. The summed E-state index contributed by atoms with van der Waals surface area (Å²) in [5, 5.41) is 2.33. The van der Waals surface area contributed by atoms with E-state index in [2.05, 4.69) is 10.2 Å². The number of hydrogen-bond donors (Lipinski definition) is 1. The zero-order valence-electron chi connectivity index (χ0n) is 19.9. The van der Waals surface area contributed by atoms with E-state index in [1.54, 1.807) is 9.80 Å². The third-order valence-electron chi connectivity index (χ3n) is 6.40. The van der Waals surface area contributed by atoms with Crippen molar-refractivity contribution in [2.45, 2.75) is 77.7 Å². The number of fused-ring (bicyclic) bond motifs is 1. The largest absolute Gasteiger partial charge is 0.444 e. The fourth-order valence-corrected chi connectivity index (χ4v) is 4.97. The molecule has 33 heavy (non-hydrogen) atoms. The van der Waals surface area contributed by atoms with Gasteiger partial charge in [-0.25, -0.2) is 4.79 Å². The third-order valence-corrected chi connectivity index (χ3v) is 6.40. The van der Waals surface area contributed by atoms with Crippen LogP contribution >= 0.6 is 0 Å². The monoisotopic (exact) mass is 456 g/mol. The molecule has 1 unspecified atom stereocenters. The number of imide groups is 1. The number of benzene rings is 1. The van der Waals surface area contributed by atoms with Crippen molar-refractivity contribution in [3.63, 3.8) is 0 Å². The van der Waals surface area contributed by atoms with Crippen LogP contribution in [0.1, 0.15) is 63.4 Å². The Morgan fingerprint density at radius 2 is 1.76 bits per heavy atom. The molecule has 9 nitrogen and oxygen atoms in total. The van der Waals surface area contributed by atoms with E-state index in [0.717, 1.165) is 11.3 Å². The van der Waals surface area contributed by atoms with Gasteiger partial charge in [-0.05, 0) is 64.8 Å². The van der Waals surface area contributed by atoms with Crippen LogP contribution in [0.4, 0.5) is 10.5 Å². The molecular formula is C24H32N4O5. The summed E-state index contributed by atoms with van der Waals surface area (Å²) in [7, 11) is 0. The van der Waals surface area contributed by atoms with Crippen molar-refractivity contribution in [1.82, 2.24) is 15.1 Å². The van der Waals surface area contributed by atoms with Gasteiger partial charge in [0.2, 0.25) is 11.8 Å². The van der Waals surface area contributed by atoms with Crippen LogP contribution in [0.2, 0.25) is 0 Å². The van der Waals surface area contributed by atoms with Gasteiger partial charge in [0, 0.05) is 37.3 Å². The van der Waals surface area contributed by atoms with Crippen LogP contribution in [0.25, 0.3) is 0 Å². The maximum atomic E-state index is 12.9. The van der Waals surface area contributed by atoms with Crippen LogP contribution in [0.15, 0.2) is 18.2 Å². The number of ether oxygens (including phenoxy) is 1. The van der Waals surface area contributed by atoms with Crippen molar-refractivity contribution in [2.75, 3.05) is 18.0 Å². The van der Waals surface area contributed by atoms with Crippen molar-refractivity contribution in [2.24, 2.45) is 0 Å². The van der Waals surface area contributed by atoms with Gasteiger partial charge in [-0.2, -0.15) is 0 Å². The minimum atomic E-state index is -0.622. The minimum absolute atomic E-state index is 0.0431. The molecule has 2 saturated heterocycles. The molecule has 1 N–H and O–H groups in total. The van der Waals surface area contributed by atoms with Crippen LogP contribution in [-0.4, -0.2) is 70.4 Å². The molecule has 0 aromatic heterocycles. The Hall–Kier alpha value is -3.10. The summed E-state index contributed by atoms with van der Waals surface area (Å²) in [4.78, 5) is 54.9. The van der Waals surface area contributed by atoms with E-state index in [9.17, 15) is 19.2 Å². The van der Waals surface area contributed by atoms with Gasteiger partial charge in [-0.1, -0.05) is 0 Å². The Labute approximate surface area is 194 Å². The van der Waals surface area contributed by atoms with Crippen LogP contribution < -0.4 is 10.2 Å². The lowest BCUT2D eigenvalue weighted by atomic mass is 10.0. The van der Waals surface area contributed by atoms with Crippen molar-refractivity contribution in [3.8, 4) is 0 Å². The van der Waals surface area contributed by atoms with Crippen molar-refractivity contribution in [3.05, 3.63) is 29.3 Å². The van der Waals surface area contributed by atoms with Crippen LogP contribution in [0.5, 0.6) is 0 Å². The molecule has 2 fully saturated rings. The lowest BCUT2D eigenvalue weighted by Crippen LogP contribution is -2.59. The van der Waals surface area contributed by atoms with Gasteiger partial charge in [-0.15, -0.1) is 0 Å². The molecule has 0 radical (unpaired) electrons. The van der Waals surface area contributed by atoms with E-state index in [1.807, 2.05) is 52.8 Å². The number of carbonyl (C=O) groups excluding carboxylic acids is 4. The Kier molecular flexibility index (Phi) is 5.84. The molecular weight excluding hydrogens is 424 g/mol. The maximum Gasteiger partial charge on any atom is 0.410 e. The van der Waals surface area contributed by atoms with Gasteiger partial charge in [0.25, 0.3) is 5.91 Å². The normalized spacial score (nSPS) is 25.8. The molecule has 0 saturated carbocycles. The van der Waals surface area contributed by atoms with E-state index in [0.29, 0.717) is 31.6 Å². The highest BCUT2D eigenvalue weighted by Crippen LogP contribution is 2.32. The molecule has 0 spiro atoms. The molecule has 0 bridgehead atoms. The number of carbonyl (C=O) groups is 4. The first-order chi connectivity index (χ1) is 15.4. The molecule has 1 aromatic carbocycles. The minimum Gasteiger partial charge on any atom is -0.444 e. The first-order valence-corrected chi connectivity index (χ1v) is 11.5. The fraction of sp³-hybridized carbons (Fsp3) is 0.583. The molecule has 4 amide bonds. The first kappa shape index (κ1) is 23.1. The molecule has 0 aliphatic carbocycles. The highest BCUT2D eigenvalue weighted by atomic mass is 16.6. The smallest absolute Gasteiger partial charge is 0.410 e. The second-order valence-electron chi connectivity index (χ2n) is 10.2. The molecule has 4 rings (SSSR count). The quantitative estimate of drug-likeness (QED) is 0.686. The maximum absolute atomic E-state index is 12.9. The number of amides is 4. The van der Waals surface area contributed by atoms with Crippen molar-refractivity contribution >= 4 is 29.5 Å². The Bertz CT molecular complexity index is 989. The lowest BCUT2D eigenvalue weighted by molar-refractivity contribution is -0.136. The number of piperazine rings is 1. The topological polar surface area (TPSA) is 99.3 Å². The fourth-order valence-electron chi connectivity index (χ4n) is 4.97. The summed E-state index contributed by atoms with van der Waals surface area (Å²) < 4.78 is 5.59. The average Bonchev–Trinajstić information content (AvgIpc) is 3.02. The van der Waals surface area contributed by atoms with E-state index < -0.39 is 17.6 Å². The molecule has 178 valence electrons. The highest BCUT2D eigenvalue weighted by Gasteiger charge is 2.40. The van der Waals surface area contributed by atoms with Crippen LogP contribution in [0.3, 0.4) is 0 Å². The second-order valence-corrected chi connectivity index (χ2v) is 10.2. The zero-order chi connectivity index (χ0) is 24.1. The van der Waals surface area contributed by atoms with Crippen molar-refractivity contribution < 1.29 is 23.9 Å². The van der Waals surface area contributed by atoms with E-state index in [4.69, 9.17) is 4.74 Å². The Balaban J connectivity index is 1.48. The van der Waals surface area contributed by atoms with E-state index in [1.165, 1.54) is 0 Å². The number of piperidine rings is 1. The van der Waals surface area contributed by atoms with Gasteiger partial charge in [-0.3, -0.25) is 24.6 Å². The van der Waals surface area contributed by atoms with Gasteiger partial charge >= 0.3 is 6.09 Å². The van der Waals surface area contributed by atoms with E-state index in [-0.39, 0.29) is 36.4 Å². The summed E-state index contributed by atoms with van der Waals surface area (Å²) in [6.07, 6.45) is 0.278. The second kappa shape index (κ2) is 8.35. The molecule has 9 heteroatoms. The van der Waals surface area contributed by atoms with Gasteiger partial charge < -0.3 is 14.5 Å². The Morgan fingerprint density at radius 3 is 2.36 bits per heavy atom. The Morgan fingerprint density at radius 1 is 1.09 bits per heavy atom. The number of anilines is 1. The molecule has 3 aliphatic heterocycles. The predicted octanol–water partition coefficient (Wildman–Crippen LogP) is 2.28. The number of nitrogens with one attached hydrogen (secondary N) is 1. The van der Waals surface area contributed by atoms with Gasteiger partial charge in [0.1, 0.15) is 11.6 Å². The van der Waals surface area contributed by atoms with Gasteiger partial charge in [0.15, 0.2) is 0 Å². The zero-order valence-corrected chi connectivity index (χ0v) is 19.9. The first-order valence-electron chi connectivity index (χ1n) is 11.5. The van der Waals surface area contributed by atoms with Crippen molar-refractivity contribution in [1.29, 1.82) is 0 Å². The number of rotatable bonds is 2. The summed E-state index contributed by atoms with van der Waals surface area (Å²) in [6, 6.07) is 5.03. The number of hydrogen-bond acceptors (Lipinski definition) is 6. The third kappa shape index (κ3) is 4.54. The summed E-state index contributed by atoms with van der Waals surface area (Å²) in [6.45, 7) is 11.2. The standard InChI is InChI=1S/C24H32N4O5/c1-14-11-26(12-15(2)28(14)23(32)33-24(3,4)5)17-6-7-18-16(10-17)13-27(22(18)31)19-8-9-20(29)25-21(19)30/h6-7,10,14-15,19H,8-9,11-13H2,1-5H3,(H,25,29,30)/t14-,15+,19?. The molecule has 3 atom stereocenters. The number of nitrogens with zero attached hydrogens (tertiary/aromatic N) is 3. The van der Waals surface area contributed by atoms with Crippen LogP contribution in [-0.2, 0) is 20.9 Å². The SMILES string of the molecule is C[C@@H]1CN(c2ccc3c(c2)CN(C2CCC(=O)NC2=O)C3=O)C[C@H](C)N1C(=O)OC(C)(C)C. The van der Waals surface area contributed by atoms with Crippen LogP contribution in [0, 0.1) is 0 Å². The highest BCUT2D eigenvalue weighted by molar-refractivity contribution is 6.05. The molecule has 3 aliphatic rings. The van der Waals surface area contributed by atoms with Gasteiger partial charge in [0.05, 0.1) is 12.1 Å². The predicted molar refractivity (Wildman–Crippen MR) is 122 cm³/mol. The average molecular weight is 457 g/mol. The summed E-state index contributed by atoms with van der Waals surface area (Å²) in [5.41, 5.74) is 1.90. The molecule has 3 heterocycles.